The summed E-state index contributed by atoms with van der Waals surface area (Å²) in [5.74, 6) is 0. The fourth-order valence-electron chi connectivity index (χ4n) is 3.54. The molecule has 5 rings (SSSR count). The van der Waals surface area contributed by atoms with Gasteiger partial charge in [0, 0.05) is 33.3 Å². The van der Waals surface area contributed by atoms with Crippen LogP contribution in [-0.4, -0.2) is 9.97 Å². The standard InChI is InChI=1S/C22H16N2O2/c1-13-9-19(15-5-7-25-11-15)17-3-4-18-20(16-6-8-26-12-16)10-14(2)24-22(18)21(17)23-13/h3-12H,1-2H3. The quantitative estimate of drug-likeness (QED) is 0.374. The highest BCUT2D eigenvalue weighted by atomic mass is 16.3. The van der Waals surface area contributed by atoms with Crippen molar-refractivity contribution >= 4 is 21.8 Å². The van der Waals surface area contributed by atoms with Gasteiger partial charge in [0.15, 0.2) is 0 Å². The van der Waals surface area contributed by atoms with Crippen molar-refractivity contribution in [2.45, 2.75) is 13.8 Å². The second kappa shape index (κ2) is 5.56. The molecular weight excluding hydrogens is 324 g/mol. The van der Waals surface area contributed by atoms with E-state index in [0.29, 0.717) is 0 Å². The van der Waals surface area contributed by atoms with Crippen molar-refractivity contribution in [2.75, 3.05) is 0 Å². The van der Waals surface area contributed by atoms with Crippen LogP contribution in [0.4, 0.5) is 0 Å². The van der Waals surface area contributed by atoms with Crippen LogP contribution in [-0.2, 0) is 0 Å². The molecule has 0 amide bonds. The zero-order chi connectivity index (χ0) is 17.7. The van der Waals surface area contributed by atoms with E-state index in [1.807, 2.05) is 26.0 Å². The lowest BCUT2D eigenvalue weighted by Crippen LogP contribution is -1.94. The number of hydrogen-bond acceptors (Lipinski definition) is 4. The zero-order valence-corrected chi connectivity index (χ0v) is 14.5. The van der Waals surface area contributed by atoms with E-state index in [1.165, 1.54) is 0 Å². The lowest BCUT2D eigenvalue weighted by atomic mass is 9.97. The summed E-state index contributed by atoms with van der Waals surface area (Å²) in [5.41, 5.74) is 8.03. The first-order valence-electron chi connectivity index (χ1n) is 8.47. The largest absolute Gasteiger partial charge is 0.472 e. The number of hydrogen-bond donors (Lipinski definition) is 0. The Hall–Kier alpha value is -3.40. The van der Waals surface area contributed by atoms with Crippen molar-refractivity contribution in [3.8, 4) is 22.3 Å². The van der Waals surface area contributed by atoms with Gasteiger partial charge in [-0.15, -0.1) is 0 Å². The topological polar surface area (TPSA) is 52.1 Å². The molecule has 0 radical (unpaired) electrons. The average Bonchev–Trinajstić information content (AvgIpc) is 3.34. The second-order valence-electron chi connectivity index (χ2n) is 6.50. The minimum absolute atomic E-state index is 0.909. The molecule has 0 spiro atoms. The van der Waals surface area contributed by atoms with Crippen molar-refractivity contribution in [1.29, 1.82) is 0 Å². The summed E-state index contributed by atoms with van der Waals surface area (Å²) in [6.45, 7) is 4.02. The number of nitrogens with zero attached hydrogens (tertiary/aromatic N) is 2. The van der Waals surface area contributed by atoms with Crippen molar-refractivity contribution in [3.05, 3.63) is 72.8 Å². The van der Waals surface area contributed by atoms with Gasteiger partial charge in [-0.25, -0.2) is 0 Å². The fourth-order valence-corrected chi connectivity index (χ4v) is 3.54. The van der Waals surface area contributed by atoms with Crippen molar-refractivity contribution in [3.63, 3.8) is 0 Å². The molecular formula is C22H16N2O2. The molecule has 4 nitrogen and oxygen atoms in total. The maximum atomic E-state index is 5.29. The van der Waals surface area contributed by atoms with E-state index in [9.17, 15) is 0 Å². The summed E-state index contributed by atoms with van der Waals surface area (Å²) < 4.78 is 10.6. The zero-order valence-electron chi connectivity index (χ0n) is 14.5. The number of aryl methyl sites for hydroxylation is 2. The van der Waals surface area contributed by atoms with Crippen LogP contribution in [0.5, 0.6) is 0 Å². The van der Waals surface area contributed by atoms with Crippen molar-refractivity contribution in [2.24, 2.45) is 0 Å². The molecule has 0 unspecified atom stereocenters. The Morgan fingerprint density at radius 3 is 1.50 bits per heavy atom. The van der Waals surface area contributed by atoms with Gasteiger partial charge < -0.3 is 8.83 Å². The molecule has 4 heterocycles. The van der Waals surface area contributed by atoms with E-state index in [2.05, 4.69) is 24.3 Å². The summed E-state index contributed by atoms with van der Waals surface area (Å²) in [6, 6.07) is 12.4. The number of benzene rings is 1. The molecule has 4 heteroatoms. The van der Waals surface area contributed by atoms with Crippen LogP contribution in [0.25, 0.3) is 44.1 Å². The molecule has 0 bridgehead atoms. The van der Waals surface area contributed by atoms with Gasteiger partial charge in [0.25, 0.3) is 0 Å². The lowest BCUT2D eigenvalue weighted by Gasteiger charge is -2.11. The highest BCUT2D eigenvalue weighted by Gasteiger charge is 2.14. The van der Waals surface area contributed by atoms with Crippen LogP contribution in [0.15, 0.2) is 70.3 Å². The maximum absolute atomic E-state index is 5.29. The Bertz CT molecular complexity index is 1140. The molecule has 0 fully saturated rings. The molecule has 0 saturated carbocycles. The molecule has 0 N–H and O–H groups in total. The Morgan fingerprint density at radius 1 is 0.654 bits per heavy atom. The van der Waals surface area contributed by atoms with Crippen LogP contribution in [0.2, 0.25) is 0 Å². The van der Waals surface area contributed by atoms with Gasteiger partial charge in [0.1, 0.15) is 0 Å². The van der Waals surface area contributed by atoms with Gasteiger partial charge in [-0.3, -0.25) is 9.97 Å². The molecule has 0 aliphatic rings. The van der Waals surface area contributed by atoms with Crippen LogP contribution in [0.3, 0.4) is 0 Å². The lowest BCUT2D eigenvalue weighted by molar-refractivity contribution is 0.568. The minimum atomic E-state index is 0.909. The molecule has 5 aromatic rings. The summed E-state index contributed by atoms with van der Waals surface area (Å²) in [5, 5.41) is 2.14. The van der Waals surface area contributed by atoms with Crippen molar-refractivity contribution < 1.29 is 8.83 Å². The first-order valence-corrected chi connectivity index (χ1v) is 8.47. The van der Waals surface area contributed by atoms with Gasteiger partial charge in [-0.1, -0.05) is 12.1 Å². The molecule has 0 aliphatic heterocycles. The Balaban J connectivity index is 1.92. The summed E-state index contributed by atoms with van der Waals surface area (Å²) in [6.07, 6.45) is 6.91. The van der Waals surface area contributed by atoms with E-state index in [0.717, 1.165) is 55.4 Å². The summed E-state index contributed by atoms with van der Waals surface area (Å²) in [4.78, 5) is 9.64. The summed E-state index contributed by atoms with van der Waals surface area (Å²) >= 11 is 0. The number of furan rings is 2. The van der Waals surface area contributed by atoms with E-state index in [1.54, 1.807) is 25.1 Å². The third kappa shape index (κ3) is 2.23. The van der Waals surface area contributed by atoms with Gasteiger partial charge in [-0.05, 0) is 49.2 Å². The predicted octanol–water partition coefficient (Wildman–Crippen LogP) is 5.92. The van der Waals surface area contributed by atoms with E-state index < -0.39 is 0 Å². The summed E-state index contributed by atoms with van der Waals surface area (Å²) in [7, 11) is 0. The van der Waals surface area contributed by atoms with Crippen LogP contribution >= 0.6 is 0 Å². The van der Waals surface area contributed by atoms with E-state index in [-0.39, 0.29) is 0 Å². The molecule has 4 aromatic heterocycles. The first kappa shape index (κ1) is 14.9. The van der Waals surface area contributed by atoms with Crippen molar-refractivity contribution in [1.82, 2.24) is 9.97 Å². The molecule has 0 saturated heterocycles. The van der Waals surface area contributed by atoms with Gasteiger partial charge in [-0.2, -0.15) is 0 Å². The van der Waals surface area contributed by atoms with Crippen LogP contribution in [0.1, 0.15) is 11.4 Å². The SMILES string of the molecule is Cc1cc(-c2ccoc2)c2ccc3c(-c4ccoc4)cc(C)nc3c2n1. The minimum Gasteiger partial charge on any atom is -0.472 e. The number of pyridine rings is 2. The van der Waals surface area contributed by atoms with Crippen LogP contribution < -0.4 is 0 Å². The normalized spacial score (nSPS) is 11.5. The Morgan fingerprint density at radius 2 is 1.12 bits per heavy atom. The Labute approximate surface area is 150 Å². The monoisotopic (exact) mass is 340 g/mol. The Kier molecular flexibility index (Phi) is 3.19. The molecule has 126 valence electrons. The number of fused-ring (bicyclic) bond motifs is 3. The van der Waals surface area contributed by atoms with Gasteiger partial charge in [0.2, 0.25) is 0 Å². The van der Waals surface area contributed by atoms with Gasteiger partial charge in [0.05, 0.1) is 36.1 Å². The smallest absolute Gasteiger partial charge is 0.0981 e. The third-order valence-electron chi connectivity index (χ3n) is 4.68. The molecule has 1 aromatic carbocycles. The van der Waals surface area contributed by atoms with E-state index >= 15 is 0 Å². The number of aromatic nitrogens is 2. The maximum Gasteiger partial charge on any atom is 0.0981 e. The highest BCUT2D eigenvalue weighted by Crippen LogP contribution is 2.36. The second-order valence-corrected chi connectivity index (χ2v) is 6.50. The highest BCUT2D eigenvalue weighted by molar-refractivity contribution is 6.11. The average molecular weight is 340 g/mol. The predicted molar refractivity (Wildman–Crippen MR) is 102 cm³/mol. The number of rotatable bonds is 2. The van der Waals surface area contributed by atoms with Gasteiger partial charge >= 0.3 is 0 Å². The third-order valence-corrected chi connectivity index (χ3v) is 4.68. The molecule has 0 atom stereocenters. The van der Waals surface area contributed by atoms with Crippen LogP contribution in [0, 0.1) is 13.8 Å². The molecule has 0 aliphatic carbocycles. The first-order chi connectivity index (χ1) is 12.7. The van der Waals surface area contributed by atoms with E-state index in [4.69, 9.17) is 18.8 Å². The fraction of sp³-hybridized carbons (Fsp3) is 0.0909. The molecule has 26 heavy (non-hydrogen) atoms.